The number of hydrogen-bond donors (Lipinski definition) is 0. The van der Waals surface area contributed by atoms with Crippen LogP contribution in [0.4, 0.5) is 5.69 Å². The summed E-state index contributed by atoms with van der Waals surface area (Å²) in [6.07, 6.45) is 0. The topological polar surface area (TPSA) is 3.24 Å². The number of nitrogens with zero attached hydrogens (tertiary/aromatic N) is 1. The molecule has 0 fully saturated rings. The Labute approximate surface area is 128 Å². The second kappa shape index (κ2) is 6.44. The van der Waals surface area contributed by atoms with Gasteiger partial charge in [0.2, 0.25) is 0 Å². The van der Waals surface area contributed by atoms with Crippen molar-refractivity contribution < 1.29 is 0 Å². The van der Waals surface area contributed by atoms with Crippen LogP contribution in [0.15, 0.2) is 48.5 Å². The Morgan fingerprint density at radius 3 is 2.58 bits per heavy atom. The van der Waals surface area contributed by atoms with Gasteiger partial charge in [0.25, 0.3) is 0 Å². The van der Waals surface area contributed by atoms with Crippen molar-refractivity contribution in [3.05, 3.63) is 64.7 Å². The van der Waals surface area contributed by atoms with Crippen LogP contribution in [-0.2, 0) is 5.33 Å². The van der Waals surface area contributed by atoms with Crippen LogP contribution in [0.3, 0.4) is 0 Å². The van der Waals surface area contributed by atoms with Crippen molar-refractivity contribution in [1.82, 2.24) is 0 Å². The predicted octanol–water partition coefficient (Wildman–Crippen LogP) is 5.43. The maximum atomic E-state index is 6.07. The molecular weight excluding hydrogens is 322 g/mol. The summed E-state index contributed by atoms with van der Waals surface area (Å²) in [5.41, 5.74) is 3.75. The third kappa shape index (κ3) is 3.31. The Bertz CT molecular complexity index is 556. The van der Waals surface area contributed by atoms with Gasteiger partial charge in [-0.25, -0.2) is 0 Å². The van der Waals surface area contributed by atoms with E-state index in [1.807, 2.05) is 18.2 Å². The monoisotopic (exact) mass is 337 g/mol. The predicted molar refractivity (Wildman–Crippen MR) is 87.3 cm³/mol. The molecule has 2 aromatic rings. The second-order valence-electron chi connectivity index (χ2n) is 4.60. The van der Waals surface area contributed by atoms with Gasteiger partial charge in [0.1, 0.15) is 0 Å². The molecule has 0 saturated carbocycles. The fraction of sp³-hybridized carbons (Fsp3) is 0.250. The average Bonchev–Trinajstić information content (AvgIpc) is 2.45. The standard InChI is InChI=1S/C16H17BrClN/c1-12(13-7-5-8-15(18)10-13)19(2)16-9-4-3-6-14(16)11-17/h3-10,12H,11H2,1-2H3. The average molecular weight is 339 g/mol. The van der Waals surface area contributed by atoms with Gasteiger partial charge in [0, 0.05) is 23.1 Å². The molecule has 0 N–H and O–H groups in total. The summed E-state index contributed by atoms with van der Waals surface area (Å²) in [5, 5.41) is 1.64. The first kappa shape index (κ1) is 14.4. The first-order valence-corrected chi connectivity index (χ1v) is 7.75. The van der Waals surface area contributed by atoms with Crippen molar-refractivity contribution in [2.45, 2.75) is 18.3 Å². The van der Waals surface area contributed by atoms with E-state index in [4.69, 9.17) is 11.6 Å². The van der Waals surface area contributed by atoms with Gasteiger partial charge in [0.05, 0.1) is 6.04 Å². The molecule has 100 valence electrons. The Hall–Kier alpha value is -0.990. The highest BCUT2D eigenvalue weighted by Crippen LogP contribution is 2.30. The Kier molecular flexibility index (Phi) is 4.89. The number of halogens is 2. The molecule has 1 nitrogen and oxygen atoms in total. The number of hydrogen-bond acceptors (Lipinski definition) is 1. The lowest BCUT2D eigenvalue weighted by Crippen LogP contribution is -2.22. The van der Waals surface area contributed by atoms with Gasteiger partial charge in [-0.15, -0.1) is 0 Å². The maximum Gasteiger partial charge on any atom is 0.0511 e. The summed E-state index contributed by atoms with van der Waals surface area (Å²) in [7, 11) is 2.12. The van der Waals surface area contributed by atoms with Crippen LogP contribution in [0.1, 0.15) is 24.1 Å². The number of rotatable bonds is 4. The molecule has 0 spiro atoms. The van der Waals surface area contributed by atoms with Crippen molar-refractivity contribution in [3.63, 3.8) is 0 Å². The van der Waals surface area contributed by atoms with E-state index in [2.05, 4.69) is 65.1 Å². The van der Waals surface area contributed by atoms with Crippen molar-refractivity contribution in [1.29, 1.82) is 0 Å². The van der Waals surface area contributed by atoms with E-state index in [-0.39, 0.29) is 6.04 Å². The molecule has 0 saturated heterocycles. The van der Waals surface area contributed by atoms with Crippen molar-refractivity contribution in [3.8, 4) is 0 Å². The highest BCUT2D eigenvalue weighted by atomic mass is 79.9. The van der Waals surface area contributed by atoms with Crippen LogP contribution < -0.4 is 4.90 Å². The van der Waals surface area contributed by atoms with Crippen LogP contribution in [0.25, 0.3) is 0 Å². The first-order valence-electron chi connectivity index (χ1n) is 6.25. The Balaban J connectivity index is 2.30. The van der Waals surface area contributed by atoms with Gasteiger partial charge in [-0.05, 0) is 36.2 Å². The quantitative estimate of drug-likeness (QED) is 0.672. The minimum Gasteiger partial charge on any atom is -0.368 e. The molecule has 2 aromatic carbocycles. The van der Waals surface area contributed by atoms with Crippen LogP contribution in [-0.4, -0.2) is 7.05 Å². The fourth-order valence-electron chi connectivity index (χ4n) is 2.17. The van der Waals surface area contributed by atoms with Gasteiger partial charge in [-0.3, -0.25) is 0 Å². The minimum absolute atomic E-state index is 0.277. The molecule has 0 radical (unpaired) electrons. The fourth-order valence-corrected chi connectivity index (χ4v) is 2.84. The molecular formula is C16H17BrClN. The first-order chi connectivity index (χ1) is 9.13. The number of para-hydroxylation sites is 1. The number of alkyl halides is 1. The van der Waals surface area contributed by atoms with E-state index in [0.29, 0.717) is 0 Å². The van der Waals surface area contributed by atoms with Crippen LogP contribution >= 0.6 is 27.5 Å². The Morgan fingerprint density at radius 1 is 1.16 bits per heavy atom. The van der Waals surface area contributed by atoms with E-state index in [1.54, 1.807) is 0 Å². The number of benzene rings is 2. The summed E-state index contributed by atoms with van der Waals surface area (Å²) >= 11 is 9.62. The summed E-state index contributed by atoms with van der Waals surface area (Å²) in [6.45, 7) is 2.19. The maximum absolute atomic E-state index is 6.07. The van der Waals surface area contributed by atoms with Gasteiger partial charge in [-0.2, -0.15) is 0 Å². The molecule has 19 heavy (non-hydrogen) atoms. The van der Waals surface area contributed by atoms with E-state index < -0.39 is 0 Å². The highest BCUT2D eigenvalue weighted by Gasteiger charge is 2.14. The molecule has 1 unspecified atom stereocenters. The smallest absolute Gasteiger partial charge is 0.0511 e. The van der Waals surface area contributed by atoms with E-state index in [1.165, 1.54) is 16.8 Å². The van der Waals surface area contributed by atoms with Gasteiger partial charge in [0.15, 0.2) is 0 Å². The molecule has 3 heteroatoms. The van der Waals surface area contributed by atoms with Crippen molar-refractivity contribution in [2.75, 3.05) is 11.9 Å². The van der Waals surface area contributed by atoms with Gasteiger partial charge >= 0.3 is 0 Å². The normalized spacial score (nSPS) is 12.2. The minimum atomic E-state index is 0.277. The molecule has 0 aliphatic rings. The SMILES string of the molecule is CC(c1cccc(Cl)c1)N(C)c1ccccc1CBr. The zero-order chi connectivity index (χ0) is 13.8. The van der Waals surface area contributed by atoms with E-state index in [9.17, 15) is 0 Å². The summed E-state index contributed by atoms with van der Waals surface area (Å²) in [4.78, 5) is 2.28. The summed E-state index contributed by atoms with van der Waals surface area (Å²) in [5.74, 6) is 0. The van der Waals surface area contributed by atoms with E-state index >= 15 is 0 Å². The molecule has 0 aliphatic carbocycles. The zero-order valence-electron chi connectivity index (χ0n) is 11.1. The molecule has 0 heterocycles. The third-order valence-electron chi connectivity index (χ3n) is 3.43. The zero-order valence-corrected chi connectivity index (χ0v) is 13.4. The largest absolute Gasteiger partial charge is 0.368 e. The van der Waals surface area contributed by atoms with Crippen LogP contribution in [0.2, 0.25) is 5.02 Å². The summed E-state index contributed by atoms with van der Waals surface area (Å²) < 4.78 is 0. The summed E-state index contributed by atoms with van der Waals surface area (Å²) in [6, 6.07) is 16.8. The van der Waals surface area contributed by atoms with Crippen molar-refractivity contribution >= 4 is 33.2 Å². The Morgan fingerprint density at radius 2 is 1.89 bits per heavy atom. The molecule has 0 aliphatic heterocycles. The van der Waals surface area contributed by atoms with Crippen molar-refractivity contribution in [2.24, 2.45) is 0 Å². The second-order valence-corrected chi connectivity index (χ2v) is 5.60. The van der Waals surface area contributed by atoms with Crippen LogP contribution in [0.5, 0.6) is 0 Å². The van der Waals surface area contributed by atoms with Gasteiger partial charge < -0.3 is 4.90 Å². The lowest BCUT2D eigenvalue weighted by atomic mass is 10.1. The van der Waals surface area contributed by atoms with Crippen LogP contribution in [0, 0.1) is 0 Å². The lowest BCUT2D eigenvalue weighted by Gasteiger charge is -2.29. The lowest BCUT2D eigenvalue weighted by molar-refractivity contribution is 0.737. The molecule has 0 amide bonds. The molecule has 0 bridgehead atoms. The van der Waals surface area contributed by atoms with Gasteiger partial charge in [-0.1, -0.05) is 57.9 Å². The molecule has 2 rings (SSSR count). The molecule has 1 atom stereocenters. The highest BCUT2D eigenvalue weighted by molar-refractivity contribution is 9.08. The number of anilines is 1. The van der Waals surface area contributed by atoms with E-state index in [0.717, 1.165) is 10.4 Å². The third-order valence-corrected chi connectivity index (χ3v) is 4.27. The molecule has 0 aromatic heterocycles.